The molecule has 1 aliphatic carbocycles. The molecule has 0 aromatic heterocycles. The Bertz CT molecular complexity index is 430. The fourth-order valence-corrected chi connectivity index (χ4v) is 3.41. The van der Waals surface area contributed by atoms with Gasteiger partial charge in [0.05, 0.1) is 6.54 Å². The highest BCUT2D eigenvalue weighted by Gasteiger charge is 2.41. The summed E-state index contributed by atoms with van der Waals surface area (Å²) in [6, 6.07) is 0. The molecule has 0 spiro atoms. The molecule has 0 radical (unpaired) electrons. The van der Waals surface area contributed by atoms with Crippen LogP contribution in [0.2, 0.25) is 0 Å². The van der Waals surface area contributed by atoms with E-state index in [1.54, 1.807) is 4.90 Å². The summed E-state index contributed by atoms with van der Waals surface area (Å²) in [7, 11) is 0. The first-order valence-corrected chi connectivity index (χ1v) is 8.36. The van der Waals surface area contributed by atoms with Gasteiger partial charge in [-0.3, -0.25) is 9.59 Å². The van der Waals surface area contributed by atoms with Crippen molar-refractivity contribution in [1.82, 2.24) is 10.2 Å². The van der Waals surface area contributed by atoms with E-state index in [1.807, 2.05) is 0 Å². The second-order valence-electron chi connectivity index (χ2n) is 6.48. The highest BCUT2D eigenvalue weighted by Crippen LogP contribution is 2.28. The molecule has 2 amide bonds. The minimum atomic E-state index is -1.14. The molecule has 6 heteroatoms. The molecule has 22 heavy (non-hydrogen) atoms. The van der Waals surface area contributed by atoms with Crippen LogP contribution in [0.4, 0.5) is 0 Å². The lowest BCUT2D eigenvalue weighted by Crippen LogP contribution is -2.57. The molecule has 124 valence electrons. The summed E-state index contributed by atoms with van der Waals surface area (Å²) in [4.78, 5) is 37.5. The number of rotatable bonds is 4. The van der Waals surface area contributed by atoms with E-state index >= 15 is 0 Å². The van der Waals surface area contributed by atoms with Crippen LogP contribution < -0.4 is 5.32 Å². The normalized spacial score (nSPS) is 22.5. The molecule has 6 nitrogen and oxygen atoms in total. The topological polar surface area (TPSA) is 86.7 Å². The largest absolute Gasteiger partial charge is 0.480 e. The number of hydrogen-bond acceptors (Lipinski definition) is 3. The number of hydrogen-bond donors (Lipinski definition) is 2. The molecule has 2 fully saturated rings. The zero-order chi connectivity index (χ0) is 16.0. The fraction of sp³-hybridized carbons (Fsp3) is 0.812. The molecule has 2 rings (SSSR count). The van der Waals surface area contributed by atoms with Crippen molar-refractivity contribution in [3.8, 4) is 0 Å². The third-order valence-corrected chi connectivity index (χ3v) is 4.75. The Hall–Kier alpha value is -1.59. The standard InChI is InChI=1S/C16H26N2O4/c19-13(12-18-11-7-2-1-4-8-14(18)20)17-16(15(21)22)9-5-3-6-10-16/h1-12H2,(H,17,19)(H,21,22). The summed E-state index contributed by atoms with van der Waals surface area (Å²) in [5, 5.41) is 12.2. The van der Waals surface area contributed by atoms with Gasteiger partial charge in [0.2, 0.25) is 11.8 Å². The lowest BCUT2D eigenvalue weighted by Gasteiger charge is -2.35. The van der Waals surface area contributed by atoms with Gasteiger partial charge in [-0.1, -0.05) is 32.1 Å². The first-order chi connectivity index (χ1) is 10.5. The highest BCUT2D eigenvalue weighted by molar-refractivity contribution is 5.90. The van der Waals surface area contributed by atoms with Gasteiger partial charge in [0.15, 0.2) is 0 Å². The third-order valence-electron chi connectivity index (χ3n) is 4.75. The maximum Gasteiger partial charge on any atom is 0.329 e. The molecule has 0 bridgehead atoms. The lowest BCUT2D eigenvalue weighted by molar-refractivity contribution is -0.149. The van der Waals surface area contributed by atoms with Crippen LogP contribution in [0.15, 0.2) is 0 Å². The number of amides is 2. The van der Waals surface area contributed by atoms with Gasteiger partial charge in [0.1, 0.15) is 5.54 Å². The van der Waals surface area contributed by atoms with E-state index in [0.717, 1.165) is 44.9 Å². The molecule has 1 saturated heterocycles. The van der Waals surface area contributed by atoms with Gasteiger partial charge in [-0.15, -0.1) is 0 Å². The maximum atomic E-state index is 12.3. The fourth-order valence-electron chi connectivity index (χ4n) is 3.41. The van der Waals surface area contributed by atoms with Gasteiger partial charge < -0.3 is 15.3 Å². The summed E-state index contributed by atoms with van der Waals surface area (Å²) >= 11 is 0. The Kier molecular flexibility index (Phi) is 5.80. The predicted molar refractivity (Wildman–Crippen MR) is 81.3 cm³/mol. The average Bonchev–Trinajstić information content (AvgIpc) is 2.48. The van der Waals surface area contributed by atoms with Crippen molar-refractivity contribution in [1.29, 1.82) is 0 Å². The zero-order valence-electron chi connectivity index (χ0n) is 13.1. The van der Waals surface area contributed by atoms with Gasteiger partial charge >= 0.3 is 5.97 Å². The van der Waals surface area contributed by atoms with E-state index in [-0.39, 0.29) is 18.4 Å². The number of carbonyl (C=O) groups excluding carboxylic acids is 2. The van der Waals surface area contributed by atoms with Crippen molar-refractivity contribution >= 4 is 17.8 Å². The maximum absolute atomic E-state index is 12.3. The summed E-state index contributed by atoms with van der Waals surface area (Å²) < 4.78 is 0. The molecule has 0 aromatic carbocycles. The van der Waals surface area contributed by atoms with E-state index in [9.17, 15) is 19.5 Å². The first kappa shape index (κ1) is 16.8. The Morgan fingerprint density at radius 3 is 2.36 bits per heavy atom. The van der Waals surface area contributed by atoms with Gasteiger partial charge in [-0.2, -0.15) is 0 Å². The number of carboxylic acid groups (broad SMARTS) is 1. The second-order valence-corrected chi connectivity index (χ2v) is 6.48. The molecule has 1 heterocycles. The molecule has 1 aliphatic heterocycles. The molecule has 1 saturated carbocycles. The van der Waals surface area contributed by atoms with Crippen LogP contribution in [-0.2, 0) is 14.4 Å². The van der Waals surface area contributed by atoms with Gasteiger partial charge in [0, 0.05) is 13.0 Å². The van der Waals surface area contributed by atoms with E-state index in [1.165, 1.54) is 0 Å². The van der Waals surface area contributed by atoms with Crippen LogP contribution in [-0.4, -0.2) is 46.4 Å². The van der Waals surface area contributed by atoms with Crippen molar-refractivity contribution < 1.29 is 19.5 Å². The van der Waals surface area contributed by atoms with E-state index < -0.39 is 11.5 Å². The summed E-state index contributed by atoms with van der Waals surface area (Å²) in [6.07, 6.45) is 7.98. The Labute approximate surface area is 131 Å². The Balaban J connectivity index is 1.95. The quantitative estimate of drug-likeness (QED) is 0.827. The summed E-state index contributed by atoms with van der Waals surface area (Å²) in [5.41, 5.74) is -1.14. The summed E-state index contributed by atoms with van der Waals surface area (Å²) in [6.45, 7) is 0.570. The molecule has 0 atom stereocenters. The van der Waals surface area contributed by atoms with E-state index in [4.69, 9.17) is 0 Å². The molecular weight excluding hydrogens is 284 g/mol. The number of aliphatic carboxylic acids is 1. The van der Waals surface area contributed by atoms with Crippen LogP contribution in [0.1, 0.15) is 64.2 Å². The Morgan fingerprint density at radius 2 is 1.68 bits per heavy atom. The van der Waals surface area contributed by atoms with Crippen molar-refractivity contribution in [2.45, 2.75) is 69.7 Å². The first-order valence-electron chi connectivity index (χ1n) is 8.36. The van der Waals surface area contributed by atoms with Crippen LogP contribution in [0.25, 0.3) is 0 Å². The lowest BCUT2D eigenvalue weighted by atomic mass is 9.81. The van der Waals surface area contributed by atoms with E-state index in [0.29, 0.717) is 25.8 Å². The monoisotopic (exact) mass is 310 g/mol. The molecule has 2 aliphatic rings. The van der Waals surface area contributed by atoms with Crippen LogP contribution >= 0.6 is 0 Å². The van der Waals surface area contributed by atoms with Gasteiger partial charge in [-0.05, 0) is 25.7 Å². The number of carbonyl (C=O) groups is 3. The minimum absolute atomic E-state index is 0.00266. The smallest absolute Gasteiger partial charge is 0.329 e. The third kappa shape index (κ3) is 4.21. The minimum Gasteiger partial charge on any atom is -0.480 e. The average molecular weight is 310 g/mol. The van der Waals surface area contributed by atoms with Crippen LogP contribution in [0.5, 0.6) is 0 Å². The van der Waals surface area contributed by atoms with Crippen molar-refractivity contribution in [3.05, 3.63) is 0 Å². The Morgan fingerprint density at radius 1 is 1.05 bits per heavy atom. The van der Waals surface area contributed by atoms with Crippen molar-refractivity contribution in [3.63, 3.8) is 0 Å². The molecule has 0 unspecified atom stereocenters. The molecule has 0 aromatic rings. The van der Waals surface area contributed by atoms with Gasteiger partial charge in [0.25, 0.3) is 0 Å². The van der Waals surface area contributed by atoms with E-state index in [2.05, 4.69) is 5.32 Å². The van der Waals surface area contributed by atoms with Crippen LogP contribution in [0.3, 0.4) is 0 Å². The number of carboxylic acids is 1. The summed E-state index contributed by atoms with van der Waals surface area (Å²) in [5.74, 6) is -1.30. The number of nitrogens with one attached hydrogen (secondary N) is 1. The molecule has 2 N–H and O–H groups in total. The van der Waals surface area contributed by atoms with Crippen molar-refractivity contribution in [2.75, 3.05) is 13.1 Å². The zero-order valence-corrected chi connectivity index (χ0v) is 13.1. The van der Waals surface area contributed by atoms with Crippen LogP contribution in [0, 0.1) is 0 Å². The SMILES string of the molecule is O=C(CN1CCCCCCC1=O)NC1(C(=O)O)CCCCC1. The molecular formula is C16H26N2O4. The van der Waals surface area contributed by atoms with Gasteiger partial charge in [-0.25, -0.2) is 4.79 Å². The number of likely N-dealkylation sites (tertiary alicyclic amines) is 1. The second kappa shape index (κ2) is 7.61. The highest BCUT2D eigenvalue weighted by atomic mass is 16.4. The predicted octanol–water partition coefficient (Wildman–Crippen LogP) is 1.68. The number of nitrogens with zero attached hydrogens (tertiary/aromatic N) is 1. The van der Waals surface area contributed by atoms with Crippen molar-refractivity contribution in [2.24, 2.45) is 0 Å².